The van der Waals surface area contributed by atoms with Crippen molar-refractivity contribution in [2.75, 3.05) is 11.5 Å². The molecular formula is C21H30N4O3Si. The maximum Gasteiger partial charge on any atom is 0.412 e. The lowest BCUT2D eigenvalue weighted by Crippen LogP contribution is -2.45. The summed E-state index contributed by atoms with van der Waals surface area (Å²) < 4.78 is 7.63. The van der Waals surface area contributed by atoms with Gasteiger partial charge in [-0.05, 0) is 51.1 Å². The third kappa shape index (κ3) is 6.17. The van der Waals surface area contributed by atoms with Gasteiger partial charge in [-0.25, -0.2) is 9.78 Å². The summed E-state index contributed by atoms with van der Waals surface area (Å²) in [5.41, 5.74) is 1.13. The SMILES string of the molecule is CC(C)(C)N(C(=O)O)c1ccc(-c2nc(C#N)cn2COCC[Si](C)(C)C)cc1. The van der Waals surface area contributed by atoms with E-state index in [0.717, 1.165) is 11.6 Å². The van der Waals surface area contributed by atoms with Crippen LogP contribution in [-0.4, -0.2) is 41.0 Å². The molecule has 2 aromatic rings. The Morgan fingerprint density at radius 1 is 1.28 bits per heavy atom. The first-order valence-corrected chi connectivity index (χ1v) is 13.3. The van der Waals surface area contributed by atoms with Crippen LogP contribution in [0, 0.1) is 11.3 Å². The lowest BCUT2D eigenvalue weighted by Gasteiger charge is -2.33. The predicted molar refractivity (Wildman–Crippen MR) is 117 cm³/mol. The number of nitrogens with zero attached hydrogens (tertiary/aromatic N) is 4. The van der Waals surface area contributed by atoms with Gasteiger partial charge in [-0.3, -0.25) is 4.90 Å². The van der Waals surface area contributed by atoms with Gasteiger partial charge in [0, 0.05) is 37.7 Å². The van der Waals surface area contributed by atoms with Gasteiger partial charge in [-0.2, -0.15) is 5.26 Å². The molecule has 0 aliphatic carbocycles. The van der Waals surface area contributed by atoms with Crippen LogP contribution < -0.4 is 4.90 Å². The van der Waals surface area contributed by atoms with Crippen LogP contribution in [0.25, 0.3) is 11.4 Å². The molecule has 8 heteroatoms. The van der Waals surface area contributed by atoms with Crippen LogP contribution in [0.1, 0.15) is 26.5 Å². The second-order valence-corrected chi connectivity index (χ2v) is 14.8. The maximum absolute atomic E-state index is 11.7. The summed E-state index contributed by atoms with van der Waals surface area (Å²) in [6, 6.07) is 10.3. The number of ether oxygens (including phenoxy) is 1. The summed E-state index contributed by atoms with van der Waals surface area (Å²) in [5, 5.41) is 18.8. The van der Waals surface area contributed by atoms with Crippen molar-refractivity contribution < 1.29 is 14.6 Å². The van der Waals surface area contributed by atoms with Crippen molar-refractivity contribution in [3.8, 4) is 17.5 Å². The Kier molecular flexibility index (Phi) is 6.88. The molecule has 7 nitrogen and oxygen atoms in total. The fourth-order valence-electron chi connectivity index (χ4n) is 2.88. The molecule has 0 saturated heterocycles. The molecule has 0 unspecified atom stereocenters. The molecular weight excluding hydrogens is 384 g/mol. The van der Waals surface area contributed by atoms with Crippen LogP contribution in [0.2, 0.25) is 25.7 Å². The summed E-state index contributed by atoms with van der Waals surface area (Å²) in [6.07, 6.45) is 0.672. The Hall–Kier alpha value is -2.63. The van der Waals surface area contributed by atoms with E-state index >= 15 is 0 Å². The lowest BCUT2D eigenvalue weighted by atomic mass is 10.0. The molecule has 0 radical (unpaired) electrons. The van der Waals surface area contributed by atoms with Gasteiger partial charge in [0.25, 0.3) is 0 Å². The highest BCUT2D eigenvalue weighted by molar-refractivity contribution is 6.76. The first kappa shape index (κ1) is 22.7. The number of anilines is 1. The lowest BCUT2D eigenvalue weighted by molar-refractivity contribution is 0.0882. The fourth-order valence-corrected chi connectivity index (χ4v) is 3.64. The number of hydrogen-bond donors (Lipinski definition) is 1. The molecule has 0 saturated carbocycles. The number of aromatic nitrogens is 2. The number of carboxylic acid groups (broad SMARTS) is 1. The minimum absolute atomic E-state index is 0.319. The first-order valence-electron chi connectivity index (χ1n) is 9.61. The number of benzene rings is 1. The largest absolute Gasteiger partial charge is 0.465 e. The molecule has 156 valence electrons. The summed E-state index contributed by atoms with van der Waals surface area (Å²) >= 11 is 0. The number of rotatable bonds is 7. The molecule has 0 aliphatic heterocycles. The van der Waals surface area contributed by atoms with Gasteiger partial charge in [-0.15, -0.1) is 0 Å². The highest BCUT2D eigenvalue weighted by Crippen LogP contribution is 2.27. The Balaban J connectivity index is 2.24. The summed E-state index contributed by atoms with van der Waals surface area (Å²) in [4.78, 5) is 17.4. The number of carbonyl (C=O) groups is 1. The van der Waals surface area contributed by atoms with Crippen molar-refractivity contribution >= 4 is 19.9 Å². The second kappa shape index (κ2) is 8.80. The third-order valence-electron chi connectivity index (χ3n) is 4.36. The number of nitriles is 1. The van der Waals surface area contributed by atoms with E-state index in [0.29, 0.717) is 30.5 Å². The van der Waals surface area contributed by atoms with Gasteiger partial charge in [-0.1, -0.05) is 19.6 Å². The monoisotopic (exact) mass is 414 g/mol. The number of amides is 1. The third-order valence-corrected chi connectivity index (χ3v) is 6.07. The number of hydrogen-bond acceptors (Lipinski definition) is 4. The van der Waals surface area contributed by atoms with E-state index in [4.69, 9.17) is 4.74 Å². The van der Waals surface area contributed by atoms with Crippen molar-refractivity contribution in [1.29, 1.82) is 5.26 Å². The molecule has 1 N–H and O–H groups in total. The molecule has 1 amide bonds. The zero-order chi connectivity index (χ0) is 21.8. The molecule has 0 fully saturated rings. The quantitative estimate of drug-likeness (QED) is 0.507. The number of imidazole rings is 1. The molecule has 2 rings (SSSR count). The van der Waals surface area contributed by atoms with Gasteiger partial charge >= 0.3 is 6.09 Å². The van der Waals surface area contributed by atoms with E-state index < -0.39 is 19.7 Å². The van der Waals surface area contributed by atoms with Gasteiger partial charge in [0.1, 0.15) is 18.6 Å². The topological polar surface area (TPSA) is 91.4 Å². The van der Waals surface area contributed by atoms with E-state index in [1.165, 1.54) is 4.90 Å². The van der Waals surface area contributed by atoms with Gasteiger partial charge in [0.05, 0.1) is 0 Å². The molecule has 0 spiro atoms. The average molecular weight is 415 g/mol. The van der Waals surface area contributed by atoms with Crippen molar-refractivity contribution in [3.63, 3.8) is 0 Å². The normalized spacial score (nSPS) is 11.9. The molecule has 1 heterocycles. The molecule has 1 aromatic heterocycles. The van der Waals surface area contributed by atoms with Crippen LogP contribution in [-0.2, 0) is 11.5 Å². The average Bonchev–Trinajstić information content (AvgIpc) is 3.00. The van der Waals surface area contributed by atoms with Gasteiger partial charge in [0.15, 0.2) is 5.69 Å². The van der Waals surface area contributed by atoms with E-state index in [1.54, 1.807) is 18.3 Å². The highest BCUT2D eigenvalue weighted by atomic mass is 28.3. The van der Waals surface area contributed by atoms with Gasteiger partial charge < -0.3 is 14.4 Å². The van der Waals surface area contributed by atoms with Crippen molar-refractivity contribution in [1.82, 2.24) is 9.55 Å². The molecule has 0 atom stereocenters. The molecule has 29 heavy (non-hydrogen) atoms. The van der Waals surface area contributed by atoms with Crippen molar-refractivity contribution in [2.45, 2.75) is 58.7 Å². The molecule has 0 aliphatic rings. The van der Waals surface area contributed by atoms with E-state index in [9.17, 15) is 15.2 Å². The van der Waals surface area contributed by atoms with Crippen LogP contribution in [0.3, 0.4) is 0 Å². The Morgan fingerprint density at radius 3 is 2.38 bits per heavy atom. The van der Waals surface area contributed by atoms with E-state index in [-0.39, 0.29) is 0 Å². The van der Waals surface area contributed by atoms with Crippen LogP contribution in [0.4, 0.5) is 10.5 Å². The van der Waals surface area contributed by atoms with E-state index in [2.05, 4.69) is 30.7 Å². The second-order valence-electron chi connectivity index (χ2n) is 9.22. The standard InChI is InChI=1S/C21H30N4O3Si/c1-21(2,3)25(20(26)27)18-9-7-16(8-10-18)19-23-17(13-22)14-24(19)15-28-11-12-29(4,5)6/h7-10,14H,11-12,15H2,1-6H3,(H,26,27). The Morgan fingerprint density at radius 2 is 1.90 bits per heavy atom. The summed E-state index contributed by atoms with van der Waals surface area (Å²) in [5.74, 6) is 0.624. The van der Waals surface area contributed by atoms with Crippen LogP contribution in [0.15, 0.2) is 30.5 Å². The summed E-state index contributed by atoms with van der Waals surface area (Å²) in [6.45, 7) is 13.4. The molecule has 0 bridgehead atoms. The van der Waals surface area contributed by atoms with Crippen molar-refractivity contribution in [2.24, 2.45) is 0 Å². The zero-order valence-corrected chi connectivity index (χ0v) is 19.1. The van der Waals surface area contributed by atoms with Crippen LogP contribution >= 0.6 is 0 Å². The highest BCUT2D eigenvalue weighted by Gasteiger charge is 2.27. The zero-order valence-electron chi connectivity index (χ0n) is 18.1. The smallest absolute Gasteiger partial charge is 0.412 e. The minimum atomic E-state index is -1.17. The van der Waals surface area contributed by atoms with Crippen molar-refractivity contribution in [3.05, 3.63) is 36.2 Å². The Bertz CT molecular complexity index is 887. The van der Waals surface area contributed by atoms with Crippen LogP contribution in [0.5, 0.6) is 0 Å². The summed E-state index contributed by atoms with van der Waals surface area (Å²) in [7, 11) is -1.17. The van der Waals surface area contributed by atoms with E-state index in [1.807, 2.05) is 37.5 Å². The minimum Gasteiger partial charge on any atom is -0.465 e. The predicted octanol–water partition coefficient (Wildman–Crippen LogP) is 5.02. The fraction of sp³-hybridized carbons (Fsp3) is 0.476. The molecule has 1 aromatic carbocycles. The first-order chi connectivity index (χ1) is 13.4. The Labute approximate surface area is 173 Å². The maximum atomic E-state index is 11.7. The van der Waals surface area contributed by atoms with Gasteiger partial charge in [0.2, 0.25) is 0 Å².